The molecule has 0 saturated carbocycles. The maximum atomic E-state index is 10.7. The zero-order chi connectivity index (χ0) is 14.5. The summed E-state index contributed by atoms with van der Waals surface area (Å²) in [4.78, 5) is 16.2. The van der Waals surface area contributed by atoms with Crippen molar-refractivity contribution in [3.63, 3.8) is 0 Å². The molecule has 0 aliphatic heterocycles. The molecule has 2 rings (SSSR count). The van der Waals surface area contributed by atoms with Gasteiger partial charge in [0, 0.05) is 22.7 Å². The van der Waals surface area contributed by atoms with Crippen LogP contribution in [0.1, 0.15) is 29.0 Å². The molecule has 2 aromatic rings. The van der Waals surface area contributed by atoms with Crippen molar-refractivity contribution in [3.8, 4) is 0 Å². The monoisotopic (exact) mass is 325 g/mol. The van der Waals surface area contributed by atoms with Crippen LogP contribution in [0, 0.1) is 0 Å². The van der Waals surface area contributed by atoms with Crippen molar-refractivity contribution in [2.24, 2.45) is 16.6 Å². The van der Waals surface area contributed by atoms with E-state index < -0.39 is 5.97 Å². The molecule has 0 bridgehead atoms. The van der Waals surface area contributed by atoms with E-state index in [0.29, 0.717) is 5.56 Å². The molecule has 21 heavy (non-hydrogen) atoms. The van der Waals surface area contributed by atoms with E-state index in [1.54, 1.807) is 0 Å². The molecule has 0 radical (unpaired) electrons. The fourth-order valence-corrected chi connectivity index (χ4v) is 2.57. The number of hydrogen-bond acceptors (Lipinski definition) is 5. The summed E-state index contributed by atoms with van der Waals surface area (Å²) in [5.41, 5.74) is 13.6. The Balaban J connectivity index is 0.00000220. The molecule has 112 valence electrons. The van der Waals surface area contributed by atoms with Gasteiger partial charge >= 0.3 is 5.97 Å². The van der Waals surface area contributed by atoms with E-state index in [-0.39, 0.29) is 24.3 Å². The quantitative estimate of drug-likeness (QED) is 0.391. The zero-order valence-corrected chi connectivity index (χ0v) is 13.0. The fourth-order valence-electron chi connectivity index (χ4n) is 1.64. The maximum Gasteiger partial charge on any atom is 0.332 e. The highest BCUT2D eigenvalue weighted by Gasteiger charge is 2.12. The molecule has 0 aliphatic carbocycles. The minimum atomic E-state index is -0.510. The number of benzene rings is 1. The third-order valence-corrected chi connectivity index (χ3v) is 3.67. The first-order valence-electron chi connectivity index (χ1n) is 5.98. The van der Waals surface area contributed by atoms with Gasteiger partial charge in [0.05, 0.1) is 6.04 Å². The van der Waals surface area contributed by atoms with Gasteiger partial charge in [-0.15, -0.1) is 23.7 Å². The lowest BCUT2D eigenvalue weighted by Gasteiger charge is -2.09. The van der Waals surface area contributed by atoms with Gasteiger partial charge in [-0.3, -0.25) is 0 Å². The number of amidine groups is 1. The number of hydrogen-bond donors (Lipinski definition) is 2. The molecule has 1 unspecified atom stereocenters. The van der Waals surface area contributed by atoms with E-state index in [9.17, 15) is 4.79 Å². The minimum Gasteiger partial charge on any atom is -0.380 e. The number of nitrogens with zero attached hydrogens (tertiary/aromatic N) is 1. The molecule has 4 N–H and O–H groups in total. The average molecular weight is 326 g/mol. The predicted octanol–water partition coefficient (Wildman–Crippen LogP) is 2.40. The largest absolute Gasteiger partial charge is 0.380 e. The number of carbonyl (C=O) groups is 1. The Bertz CT molecular complexity index is 628. The number of thiophene rings is 1. The summed E-state index contributed by atoms with van der Waals surface area (Å²) < 4.78 is 0. The van der Waals surface area contributed by atoms with Crippen LogP contribution in [0.25, 0.3) is 0 Å². The third kappa shape index (κ3) is 4.56. The van der Waals surface area contributed by atoms with Crippen molar-refractivity contribution >= 4 is 35.5 Å². The first-order chi connectivity index (χ1) is 9.58. The second-order valence-electron chi connectivity index (χ2n) is 4.19. The van der Waals surface area contributed by atoms with Crippen LogP contribution in [0.5, 0.6) is 0 Å². The smallest absolute Gasteiger partial charge is 0.332 e. The molecular formula is C14H16ClN3O2S. The van der Waals surface area contributed by atoms with Crippen LogP contribution in [0.2, 0.25) is 0 Å². The Morgan fingerprint density at radius 1 is 1.33 bits per heavy atom. The van der Waals surface area contributed by atoms with Gasteiger partial charge in [-0.05, 0) is 11.6 Å². The van der Waals surface area contributed by atoms with Crippen molar-refractivity contribution in [1.82, 2.24) is 0 Å². The van der Waals surface area contributed by atoms with Gasteiger partial charge in [-0.2, -0.15) is 0 Å². The molecule has 1 heterocycles. The minimum absolute atomic E-state index is 0. The van der Waals surface area contributed by atoms with Crippen molar-refractivity contribution in [2.75, 3.05) is 0 Å². The molecule has 7 heteroatoms. The second kappa shape index (κ2) is 7.78. The summed E-state index contributed by atoms with van der Waals surface area (Å²) in [5.74, 6) is -0.354. The van der Waals surface area contributed by atoms with Gasteiger partial charge in [0.1, 0.15) is 0 Å². The Labute approximate surface area is 133 Å². The topological polar surface area (TPSA) is 90.7 Å². The average Bonchev–Trinajstić information content (AvgIpc) is 2.94. The second-order valence-corrected chi connectivity index (χ2v) is 5.13. The lowest BCUT2D eigenvalue weighted by atomic mass is 10.1. The van der Waals surface area contributed by atoms with Crippen molar-refractivity contribution in [2.45, 2.75) is 13.0 Å². The highest BCUT2D eigenvalue weighted by atomic mass is 35.5. The number of halogens is 1. The van der Waals surface area contributed by atoms with Crippen LogP contribution < -0.4 is 11.5 Å². The maximum absolute atomic E-state index is 10.7. The van der Waals surface area contributed by atoms with Crippen molar-refractivity contribution in [1.29, 1.82) is 0 Å². The third-order valence-electron chi connectivity index (χ3n) is 2.65. The Kier molecular flexibility index (Phi) is 6.36. The van der Waals surface area contributed by atoms with E-state index in [1.165, 1.54) is 18.3 Å². The van der Waals surface area contributed by atoms with E-state index in [0.717, 1.165) is 10.4 Å². The molecule has 5 nitrogen and oxygen atoms in total. The number of oxime groups is 1. The lowest BCUT2D eigenvalue weighted by Crippen LogP contribution is -2.14. The van der Waals surface area contributed by atoms with Crippen LogP contribution in [0.15, 0.2) is 46.9 Å². The number of rotatable bonds is 4. The SMILES string of the molecule is CC(=O)ON=C(N)c1csc(C(N)c2ccccc2)c1.Cl. The van der Waals surface area contributed by atoms with E-state index >= 15 is 0 Å². The molecular weight excluding hydrogens is 310 g/mol. The normalized spacial score (nSPS) is 12.4. The van der Waals surface area contributed by atoms with Crippen molar-refractivity contribution < 1.29 is 9.63 Å². The van der Waals surface area contributed by atoms with E-state index in [1.807, 2.05) is 41.8 Å². The van der Waals surface area contributed by atoms with Crippen LogP contribution in [-0.2, 0) is 9.63 Å². The Hall–Kier alpha value is -1.89. The summed E-state index contributed by atoms with van der Waals surface area (Å²) in [5, 5.41) is 5.38. The van der Waals surface area contributed by atoms with E-state index in [2.05, 4.69) is 9.99 Å². The van der Waals surface area contributed by atoms with Gasteiger partial charge < -0.3 is 16.3 Å². The van der Waals surface area contributed by atoms with Gasteiger partial charge in [0.15, 0.2) is 5.84 Å². The summed E-state index contributed by atoms with van der Waals surface area (Å²) >= 11 is 1.49. The molecule has 1 aromatic carbocycles. The lowest BCUT2D eigenvalue weighted by molar-refractivity contribution is -0.140. The Morgan fingerprint density at radius 2 is 2.00 bits per heavy atom. The Morgan fingerprint density at radius 3 is 2.62 bits per heavy atom. The molecule has 0 aliphatic rings. The predicted molar refractivity (Wildman–Crippen MR) is 86.5 cm³/mol. The first-order valence-corrected chi connectivity index (χ1v) is 6.86. The molecule has 1 aromatic heterocycles. The number of nitrogens with two attached hydrogens (primary N) is 2. The van der Waals surface area contributed by atoms with Crippen LogP contribution in [-0.4, -0.2) is 11.8 Å². The molecule has 1 atom stereocenters. The van der Waals surface area contributed by atoms with Crippen LogP contribution in [0.4, 0.5) is 0 Å². The van der Waals surface area contributed by atoms with Crippen LogP contribution in [0.3, 0.4) is 0 Å². The summed E-state index contributed by atoms with van der Waals surface area (Å²) in [6.07, 6.45) is 0. The standard InChI is InChI=1S/C14H15N3O2S.ClH/c1-9(18)19-17-14(16)11-7-12(20-8-11)13(15)10-5-3-2-4-6-10;/h2-8,13H,15H2,1H3,(H2,16,17);1H. The first kappa shape index (κ1) is 17.2. The highest BCUT2D eigenvalue weighted by Crippen LogP contribution is 2.25. The molecule has 0 amide bonds. The highest BCUT2D eigenvalue weighted by molar-refractivity contribution is 7.10. The fraction of sp³-hybridized carbons (Fsp3) is 0.143. The van der Waals surface area contributed by atoms with Gasteiger partial charge in [-0.1, -0.05) is 35.5 Å². The molecule has 0 spiro atoms. The zero-order valence-electron chi connectivity index (χ0n) is 11.4. The molecule has 0 saturated heterocycles. The van der Waals surface area contributed by atoms with E-state index in [4.69, 9.17) is 11.5 Å². The number of carbonyl (C=O) groups excluding carboxylic acids is 1. The van der Waals surface area contributed by atoms with Crippen LogP contribution >= 0.6 is 23.7 Å². The van der Waals surface area contributed by atoms with Gasteiger partial charge in [0.2, 0.25) is 0 Å². The molecule has 0 fully saturated rings. The summed E-state index contributed by atoms with van der Waals surface area (Å²) in [6.45, 7) is 1.27. The summed E-state index contributed by atoms with van der Waals surface area (Å²) in [7, 11) is 0. The summed E-state index contributed by atoms with van der Waals surface area (Å²) in [6, 6.07) is 11.4. The van der Waals surface area contributed by atoms with Gasteiger partial charge in [-0.25, -0.2) is 4.79 Å². The van der Waals surface area contributed by atoms with Gasteiger partial charge in [0.25, 0.3) is 0 Å². The van der Waals surface area contributed by atoms with Crippen molar-refractivity contribution in [3.05, 3.63) is 57.8 Å².